The fourth-order valence-corrected chi connectivity index (χ4v) is 3.63. The minimum atomic E-state index is -0.412. The first kappa shape index (κ1) is 19.8. The molecule has 1 fully saturated rings. The van der Waals surface area contributed by atoms with Crippen molar-refractivity contribution in [3.63, 3.8) is 0 Å². The highest BCUT2D eigenvalue weighted by molar-refractivity contribution is 5.97. The van der Waals surface area contributed by atoms with Crippen LogP contribution in [0.3, 0.4) is 0 Å². The van der Waals surface area contributed by atoms with Crippen molar-refractivity contribution in [1.82, 2.24) is 15.1 Å². The van der Waals surface area contributed by atoms with E-state index in [1.54, 1.807) is 16.8 Å². The molecule has 30 heavy (non-hydrogen) atoms. The van der Waals surface area contributed by atoms with Crippen LogP contribution in [0.15, 0.2) is 54.6 Å². The molecular formula is C23H23FN4O2. The van der Waals surface area contributed by atoms with E-state index in [0.717, 1.165) is 23.4 Å². The number of benzene rings is 2. The second-order valence-corrected chi connectivity index (χ2v) is 7.41. The molecule has 0 spiro atoms. The standard InChI is InChI=1S/C23H23FN4O2/c1-2-6-15-11-16(9-10-19(15)24)20-13-21(26-23(30)17-12-22(29)25-14-17)27-28(20)18-7-4-3-5-8-18/h3-5,7-11,13,17H,2,6,12,14H2,1H3,(H,25,29)(H,26,27,30)/t17-/m1/s1. The molecule has 0 radical (unpaired) electrons. The summed E-state index contributed by atoms with van der Waals surface area (Å²) in [7, 11) is 0. The number of carbonyl (C=O) groups excluding carboxylic acids is 2. The van der Waals surface area contributed by atoms with Crippen LogP contribution in [0, 0.1) is 11.7 Å². The maximum atomic E-state index is 14.2. The Bertz CT molecular complexity index is 1080. The number of carbonyl (C=O) groups is 2. The molecule has 2 N–H and O–H groups in total. The van der Waals surface area contributed by atoms with E-state index < -0.39 is 5.92 Å². The van der Waals surface area contributed by atoms with Gasteiger partial charge in [0.1, 0.15) is 5.82 Å². The molecule has 2 amide bonds. The lowest BCUT2D eigenvalue weighted by molar-refractivity contribution is -0.123. The van der Waals surface area contributed by atoms with Crippen molar-refractivity contribution in [1.29, 1.82) is 0 Å². The quantitative estimate of drug-likeness (QED) is 0.655. The van der Waals surface area contributed by atoms with Gasteiger partial charge in [0.2, 0.25) is 11.8 Å². The van der Waals surface area contributed by atoms with Crippen LogP contribution in [0.2, 0.25) is 0 Å². The Morgan fingerprint density at radius 2 is 2.03 bits per heavy atom. The molecule has 1 aliphatic rings. The Morgan fingerprint density at radius 3 is 2.73 bits per heavy atom. The molecule has 1 saturated heterocycles. The van der Waals surface area contributed by atoms with Gasteiger partial charge in [-0.3, -0.25) is 9.59 Å². The number of halogens is 1. The molecule has 1 aliphatic heterocycles. The molecular weight excluding hydrogens is 383 g/mol. The summed E-state index contributed by atoms with van der Waals surface area (Å²) in [5, 5.41) is 10.1. The molecule has 1 atom stereocenters. The number of aryl methyl sites for hydroxylation is 1. The van der Waals surface area contributed by atoms with E-state index in [4.69, 9.17) is 0 Å². The predicted molar refractivity (Wildman–Crippen MR) is 113 cm³/mol. The zero-order chi connectivity index (χ0) is 21.1. The van der Waals surface area contributed by atoms with Crippen molar-refractivity contribution in [2.45, 2.75) is 26.2 Å². The van der Waals surface area contributed by atoms with Crippen LogP contribution in [0.4, 0.5) is 10.2 Å². The van der Waals surface area contributed by atoms with Gasteiger partial charge in [0.05, 0.1) is 17.3 Å². The van der Waals surface area contributed by atoms with Crippen molar-refractivity contribution >= 4 is 17.6 Å². The van der Waals surface area contributed by atoms with Gasteiger partial charge in [0, 0.05) is 24.6 Å². The Morgan fingerprint density at radius 1 is 1.23 bits per heavy atom. The SMILES string of the molecule is CCCc1cc(-c2cc(NC(=O)[C@H]3CNC(=O)C3)nn2-c2ccccc2)ccc1F. The lowest BCUT2D eigenvalue weighted by atomic mass is 10.0. The highest BCUT2D eigenvalue weighted by Crippen LogP contribution is 2.28. The van der Waals surface area contributed by atoms with Crippen molar-refractivity contribution in [3.8, 4) is 16.9 Å². The summed E-state index contributed by atoms with van der Waals surface area (Å²) in [4.78, 5) is 23.9. The number of amides is 2. The number of anilines is 1. The Hall–Kier alpha value is -3.48. The van der Waals surface area contributed by atoms with Gasteiger partial charge in [-0.1, -0.05) is 31.5 Å². The summed E-state index contributed by atoms with van der Waals surface area (Å²) in [6.07, 6.45) is 1.66. The van der Waals surface area contributed by atoms with E-state index >= 15 is 0 Å². The third kappa shape index (κ3) is 4.10. The second kappa shape index (κ2) is 8.49. The van der Waals surface area contributed by atoms with Crippen LogP contribution >= 0.6 is 0 Å². The zero-order valence-corrected chi connectivity index (χ0v) is 16.7. The topological polar surface area (TPSA) is 76.0 Å². The number of hydrogen-bond acceptors (Lipinski definition) is 3. The molecule has 6 nitrogen and oxygen atoms in total. The summed E-state index contributed by atoms with van der Waals surface area (Å²) in [6.45, 7) is 2.34. The Balaban J connectivity index is 1.71. The van der Waals surface area contributed by atoms with Crippen LogP contribution in [0.25, 0.3) is 16.9 Å². The van der Waals surface area contributed by atoms with Crippen LogP contribution in [-0.4, -0.2) is 28.1 Å². The third-order valence-corrected chi connectivity index (χ3v) is 5.17. The summed E-state index contributed by atoms with van der Waals surface area (Å²) in [6, 6.07) is 16.3. The molecule has 0 aliphatic carbocycles. The molecule has 0 bridgehead atoms. The van der Waals surface area contributed by atoms with Gasteiger partial charge < -0.3 is 10.6 Å². The molecule has 3 aromatic rings. The van der Waals surface area contributed by atoms with Crippen LogP contribution in [-0.2, 0) is 16.0 Å². The van der Waals surface area contributed by atoms with Gasteiger partial charge in [0.25, 0.3) is 0 Å². The van der Waals surface area contributed by atoms with Crippen molar-refractivity contribution in [3.05, 3.63) is 66.0 Å². The first-order valence-electron chi connectivity index (χ1n) is 10.1. The van der Waals surface area contributed by atoms with E-state index in [2.05, 4.69) is 15.7 Å². The summed E-state index contributed by atoms with van der Waals surface area (Å²) < 4.78 is 15.9. The van der Waals surface area contributed by atoms with Gasteiger partial charge in [-0.05, 0) is 42.3 Å². The molecule has 0 saturated carbocycles. The van der Waals surface area contributed by atoms with Crippen molar-refractivity contribution < 1.29 is 14.0 Å². The monoisotopic (exact) mass is 406 g/mol. The van der Waals surface area contributed by atoms with Crippen LogP contribution in [0.5, 0.6) is 0 Å². The molecule has 154 valence electrons. The predicted octanol–water partition coefficient (Wildman–Crippen LogP) is 3.71. The van der Waals surface area contributed by atoms with Gasteiger partial charge >= 0.3 is 0 Å². The normalized spacial score (nSPS) is 15.8. The molecule has 7 heteroatoms. The first-order valence-corrected chi connectivity index (χ1v) is 10.1. The largest absolute Gasteiger partial charge is 0.355 e. The number of nitrogens with zero attached hydrogens (tertiary/aromatic N) is 2. The zero-order valence-electron chi connectivity index (χ0n) is 16.7. The number of rotatable bonds is 6. The fourth-order valence-electron chi connectivity index (χ4n) is 3.63. The van der Waals surface area contributed by atoms with Crippen molar-refractivity contribution in [2.24, 2.45) is 5.92 Å². The van der Waals surface area contributed by atoms with E-state index in [1.807, 2.05) is 43.3 Å². The van der Waals surface area contributed by atoms with E-state index in [-0.39, 0.29) is 24.1 Å². The summed E-state index contributed by atoms with van der Waals surface area (Å²) in [5.41, 5.74) is 3.04. The number of nitrogens with one attached hydrogen (secondary N) is 2. The summed E-state index contributed by atoms with van der Waals surface area (Å²) >= 11 is 0. The molecule has 4 rings (SSSR count). The van der Waals surface area contributed by atoms with Crippen LogP contribution < -0.4 is 10.6 Å². The minimum absolute atomic E-state index is 0.125. The lowest BCUT2D eigenvalue weighted by Crippen LogP contribution is -2.24. The second-order valence-electron chi connectivity index (χ2n) is 7.41. The van der Waals surface area contributed by atoms with E-state index in [1.165, 1.54) is 6.07 Å². The van der Waals surface area contributed by atoms with Gasteiger partial charge in [-0.25, -0.2) is 9.07 Å². The van der Waals surface area contributed by atoms with Gasteiger partial charge in [-0.2, -0.15) is 0 Å². The van der Waals surface area contributed by atoms with Crippen LogP contribution in [0.1, 0.15) is 25.3 Å². The maximum absolute atomic E-state index is 14.2. The van der Waals surface area contributed by atoms with Gasteiger partial charge in [-0.15, -0.1) is 5.10 Å². The Kier molecular flexibility index (Phi) is 5.61. The third-order valence-electron chi connectivity index (χ3n) is 5.17. The number of aromatic nitrogens is 2. The molecule has 2 aromatic carbocycles. The van der Waals surface area contributed by atoms with Crippen molar-refractivity contribution in [2.75, 3.05) is 11.9 Å². The number of para-hydroxylation sites is 1. The lowest BCUT2D eigenvalue weighted by Gasteiger charge is -2.09. The van der Waals surface area contributed by atoms with E-state index in [0.29, 0.717) is 24.3 Å². The number of hydrogen-bond donors (Lipinski definition) is 2. The highest BCUT2D eigenvalue weighted by Gasteiger charge is 2.28. The Labute approximate surface area is 174 Å². The molecule has 2 heterocycles. The average molecular weight is 406 g/mol. The minimum Gasteiger partial charge on any atom is -0.355 e. The average Bonchev–Trinajstić information content (AvgIpc) is 3.37. The maximum Gasteiger partial charge on any atom is 0.230 e. The molecule has 1 aromatic heterocycles. The smallest absolute Gasteiger partial charge is 0.230 e. The first-order chi connectivity index (χ1) is 14.5. The van der Waals surface area contributed by atoms with E-state index in [9.17, 15) is 14.0 Å². The van der Waals surface area contributed by atoms with Gasteiger partial charge in [0.15, 0.2) is 5.82 Å². The highest BCUT2D eigenvalue weighted by atomic mass is 19.1. The molecule has 0 unspecified atom stereocenters. The fraction of sp³-hybridized carbons (Fsp3) is 0.261. The summed E-state index contributed by atoms with van der Waals surface area (Å²) in [5.74, 6) is -0.619.